The van der Waals surface area contributed by atoms with Gasteiger partial charge in [0.2, 0.25) is 5.91 Å². The van der Waals surface area contributed by atoms with E-state index in [4.69, 9.17) is 27.1 Å². The maximum atomic E-state index is 12.8. The summed E-state index contributed by atoms with van der Waals surface area (Å²) in [6, 6.07) is 25.5. The monoisotopic (exact) mass is 483 g/mol. The Kier molecular flexibility index (Phi) is 6.80. The summed E-state index contributed by atoms with van der Waals surface area (Å²) in [7, 11) is 0. The second-order valence-corrected chi connectivity index (χ2v) is 8.97. The minimum atomic E-state index is -0.0605. The Morgan fingerprint density at radius 3 is 2.54 bits per heavy atom. The molecule has 1 aromatic heterocycles. The summed E-state index contributed by atoms with van der Waals surface area (Å²) in [5, 5.41) is 3.68. The number of carbonyl (C=O) groups is 1. The fraction of sp³-hybridized carbons (Fsp3) is 0.172. The first-order valence-corrected chi connectivity index (χ1v) is 12.1. The van der Waals surface area contributed by atoms with Crippen molar-refractivity contribution >= 4 is 23.2 Å². The van der Waals surface area contributed by atoms with Crippen LogP contribution in [0.25, 0.3) is 33.6 Å². The lowest BCUT2D eigenvalue weighted by molar-refractivity contribution is -0.115. The van der Waals surface area contributed by atoms with Gasteiger partial charge in [-0.3, -0.25) is 4.79 Å². The number of fused-ring (bicyclic) bond motifs is 3. The molecule has 0 spiro atoms. The van der Waals surface area contributed by atoms with Crippen molar-refractivity contribution in [2.75, 3.05) is 18.5 Å². The van der Waals surface area contributed by atoms with E-state index in [-0.39, 0.29) is 12.3 Å². The van der Waals surface area contributed by atoms with Gasteiger partial charge in [-0.25, -0.2) is 4.98 Å². The zero-order valence-electron chi connectivity index (χ0n) is 19.3. The minimum Gasteiger partial charge on any atom is -0.494 e. The zero-order chi connectivity index (χ0) is 24.2. The van der Waals surface area contributed by atoms with Gasteiger partial charge in [0, 0.05) is 16.1 Å². The third-order valence-electron chi connectivity index (χ3n) is 6.07. The van der Waals surface area contributed by atoms with Crippen molar-refractivity contribution in [3.63, 3.8) is 0 Å². The number of rotatable bonds is 7. The summed E-state index contributed by atoms with van der Waals surface area (Å²) in [6.45, 7) is 1.30. The highest BCUT2D eigenvalue weighted by molar-refractivity contribution is 6.30. The molecule has 0 aliphatic carbocycles. The Morgan fingerprint density at radius 2 is 1.74 bits per heavy atom. The van der Waals surface area contributed by atoms with Crippen LogP contribution in [0.15, 0.2) is 78.9 Å². The molecule has 35 heavy (non-hydrogen) atoms. The fourth-order valence-electron chi connectivity index (χ4n) is 4.35. The van der Waals surface area contributed by atoms with Crippen molar-refractivity contribution in [2.24, 2.45) is 5.73 Å². The number of anilines is 1. The molecular formula is C29H26ClN3O2. The zero-order valence-corrected chi connectivity index (χ0v) is 20.0. The van der Waals surface area contributed by atoms with Crippen LogP contribution in [0.2, 0.25) is 5.02 Å². The minimum absolute atomic E-state index is 0.0605. The molecule has 0 unspecified atom stereocenters. The van der Waals surface area contributed by atoms with Crippen molar-refractivity contribution < 1.29 is 9.53 Å². The third-order valence-corrected chi connectivity index (χ3v) is 6.31. The number of nitrogens with one attached hydrogen (secondary N) is 1. The molecule has 2 heterocycles. The lowest BCUT2D eigenvalue weighted by atomic mass is 9.92. The summed E-state index contributed by atoms with van der Waals surface area (Å²) in [5.74, 6) is 0.749. The normalized spacial score (nSPS) is 12.3. The summed E-state index contributed by atoms with van der Waals surface area (Å²) in [6.07, 6.45) is 2.10. The van der Waals surface area contributed by atoms with E-state index in [2.05, 4.69) is 5.32 Å². The molecule has 0 saturated heterocycles. The van der Waals surface area contributed by atoms with Gasteiger partial charge >= 0.3 is 0 Å². The average Bonchev–Trinajstić information content (AvgIpc) is 3.02. The molecule has 0 bridgehead atoms. The van der Waals surface area contributed by atoms with E-state index in [1.165, 1.54) is 0 Å². The lowest BCUT2D eigenvalue weighted by Gasteiger charge is -2.16. The molecule has 0 fully saturated rings. The number of unbranched alkanes of at least 4 members (excludes halogenated alkanes) is 1. The van der Waals surface area contributed by atoms with E-state index in [0.717, 1.165) is 63.5 Å². The Morgan fingerprint density at radius 1 is 0.914 bits per heavy atom. The highest BCUT2D eigenvalue weighted by Crippen LogP contribution is 2.40. The van der Waals surface area contributed by atoms with Gasteiger partial charge in [0.15, 0.2) is 0 Å². The summed E-state index contributed by atoms with van der Waals surface area (Å²) >= 11 is 6.30. The summed E-state index contributed by atoms with van der Waals surface area (Å²) < 4.78 is 5.85. The lowest BCUT2D eigenvalue weighted by Crippen LogP contribution is -2.13. The van der Waals surface area contributed by atoms with Crippen LogP contribution in [0.4, 0.5) is 5.69 Å². The standard InChI is InChI=1S/C29H26ClN3O2/c30-21-7-5-6-20(16-21)27-17-24(19-10-12-22(13-11-19)35-15-4-3-14-31)25-18-28(34)32-26-9-2-1-8-23(26)29(25)33-27/h1-2,5-13,16-17H,3-4,14-15,18,31H2,(H,32,34). The number of ether oxygens (including phenoxy) is 1. The van der Waals surface area contributed by atoms with Gasteiger partial charge in [0.05, 0.1) is 30.1 Å². The molecule has 0 radical (unpaired) electrons. The van der Waals surface area contributed by atoms with Crippen LogP contribution < -0.4 is 15.8 Å². The topological polar surface area (TPSA) is 77.2 Å². The summed E-state index contributed by atoms with van der Waals surface area (Å²) in [5.41, 5.74) is 12.6. The molecule has 6 heteroatoms. The van der Waals surface area contributed by atoms with E-state index in [1.54, 1.807) is 0 Å². The first-order valence-electron chi connectivity index (χ1n) is 11.7. The predicted octanol–water partition coefficient (Wildman–Crippen LogP) is 6.35. The molecule has 1 aliphatic rings. The first kappa shape index (κ1) is 23.1. The van der Waals surface area contributed by atoms with Crippen molar-refractivity contribution in [2.45, 2.75) is 19.3 Å². The number of benzene rings is 3. The van der Waals surface area contributed by atoms with Crippen LogP contribution in [0, 0.1) is 0 Å². The maximum Gasteiger partial charge on any atom is 0.228 e. The number of nitrogens with two attached hydrogens (primary N) is 1. The van der Waals surface area contributed by atoms with Crippen LogP contribution in [0.3, 0.4) is 0 Å². The number of hydrogen-bond acceptors (Lipinski definition) is 4. The van der Waals surface area contributed by atoms with Gasteiger partial charge in [0.1, 0.15) is 5.75 Å². The number of carbonyl (C=O) groups excluding carboxylic acids is 1. The Labute approximate surface area is 209 Å². The van der Waals surface area contributed by atoms with Gasteiger partial charge in [-0.15, -0.1) is 0 Å². The molecule has 5 nitrogen and oxygen atoms in total. The number of hydrogen-bond donors (Lipinski definition) is 2. The van der Waals surface area contributed by atoms with Crippen LogP contribution in [-0.4, -0.2) is 24.0 Å². The van der Waals surface area contributed by atoms with E-state index < -0.39 is 0 Å². The second kappa shape index (κ2) is 10.3. The molecule has 3 aromatic carbocycles. The molecular weight excluding hydrogens is 458 g/mol. The third kappa shape index (κ3) is 5.06. The van der Waals surface area contributed by atoms with E-state index in [0.29, 0.717) is 18.2 Å². The summed E-state index contributed by atoms with van der Waals surface area (Å²) in [4.78, 5) is 17.9. The number of para-hydroxylation sites is 1. The molecule has 3 N–H and O–H groups in total. The smallest absolute Gasteiger partial charge is 0.228 e. The average molecular weight is 484 g/mol. The van der Waals surface area contributed by atoms with Gasteiger partial charge in [-0.05, 0) is 72.5 Å². The van der Waals surface area contributed by atoms with Crippen LogP contribution in [0.5, 0.6) is 5.75 Å². The molecule has 4 aromatic rings. The molecule has 5 rings (SSSR count). The molecule has 0 atom stereocenters. The number of aromatic nitrogens is 1. The van der Waals surface area contributed by atoms with Crippen molar-refractivity contribution in [1.82, 2.24) is 4.98 Å². The largest absolute Gasteiger partial charge is 0.494 e. The van der Waals surface area contributed by atoms with Crippen LogP contribution in [0.1, 0.15) is 18.4 Å². The van der Waals surface area contributed by atoms with Crippen molar-refractivity contribution in [3.8, 4) is 39.4 Å². The Hall–Kier alpha value is -3.67. The van der Waals surface area contributed by atoms with Crippen molar-refractivity contribution in [1.29, 1.82) is 0 Å². The van der Waals surface area contributed by atoms with Crippen LogP contribution in [-0.2, 0) is 11.2 Å². The number of amides is 1. The highest BCUT2D eigenvalue weighted by atomic mass is 35.5. The Bertz CT molecular complexity index is 1370. The van der Waals surface area contributed by atoms with Crippen LogP contribution >= 0.6 is 11.6 Å². The molecule has 1 amide bonds. The van der Waals surface area contributed by atoms with Gasteiger partial charge < -0.3 is 15.8 Å². The first-order chi connectivity index (χ1) is 17.1. The molecule has 0 saturated carbocycles. The van der Waals surface area contributed by atoms with E-state index >= 15 is 0 Å². The fourth-order valence-corrected chi connectivity index (χ4v) is 4.54. The number of pyridine rings is 1. The van der Waals surface area contributed by atoms with Gasteiger partial charge in [-0.2, -0.15) is 0 Å². The SMILES string of the molecule is NCCCCOc1ccc(-c2cc(-c3cccc(Cl)c3)nc3c2CC(=O)Nc2ccccc2-3)cc1. The number of halogens is 1. The van der Waals surface area contributed by atoms with Gasteiger partial charge in [-0.1, -0.05) is 54.1 Å². The van der Waals surface area contributed by atoms with Crippen molar-refractivity contribution in [3.05, 3.63) is 89.4 Å². The Balaban J connectivity index is 1.63. The molecule has 1 aliphatic heterocycles. The van der Waals surface area contributed by atoms with E-state index in [1.807, 2.05) is 78.9 Å². The quantitative estimate of drug-likeness (QED) is 0.300. The second-order valence-electron chi connectivity index (χ2n) is 8.53. The van der Waals surface area contributed by atoms with E-state index in [9.17, 15) is 4.79 Å². The predicted molar refractivity (Wildman–Crippen MR) is 142 cm³/mol. The molecule has 176 valence electrons. The van der Waals surface area contributed by atoms with Gasteiger partial charge in [0.25, 0.3) is 0 Å². The highest BCUT2D eigenvalue weighted by Gasteiger charge is 2.24. The number of nitrogens with zero attached hydrogens (tertiary/aromatic N) is 1. The maximum absolute atomic E-state index is 12.8.